The molecule has 1 heterocycles. The zero-order valence-electron chi connectivity index (χ0n) is 12.8. The Balaban J connectivity index is 2.79. The van der Waals surface area contributed by atoms with E-state index in [1.54, 1.807) is 7.05 Å². The maximum Gasteiger partial charge on any atom is 0.254 e. The van der Waals surface area contributed by atoms with Crippen molar-refractivity contribution in [2.24, 2.45) is 13.0 Å². The van der Waals surface area contributed by atoms with Crippen molar-refractivity contribution >= 4 is 17.7 Å². The minimum atomic E-state index is -0.279. The lowest BCUT2D eigenvalue weighted by Crippen LogP contribution is -2.34. The number of aryl methyl sites for hydroxylation is 1. The Morgan fingerprint density at radius 1 is 1.45 bits per heavy atom. The van der Waals surface area contributed by atoms with Gasteiger partial charge in [-0.3, -0.25) is 14.2 Å². The number of hydrogen-bond donors (Lipinski definition) is 1. The van der Waals surface area contributed by atoms with E-state index in [1.165, 1.54) is 22.4 Å². The molecule has 1 N–H and O–H groups in total. The van der Waals surface area contributed by atoms with Crippen LogP contribution in [0.4, 0.5) is 0 Å². The first-order chi connectivity index (χ1) is 9.35. The van der Waals surface area contributed by atoms with Crippen LogP contribution in [0.1, 0.15) is 33.4 Å². The standard InChI is InChI=1S/C14H23N3O2S/c1-6-11-7-12(18)17(5)14(16-11)20-10(4)13(19)15-8-9(2)3/h7,9-10H,6,8H2,1-5H3,(H,15,19). The second-order valence-electron chi connectivity index (χ2n) is 5.18. The van der Waals surface area contributed by atoms with E-state index in [2.05, 4.69) is 10.3 Å². The normalized spacial score (nSPS) is 12.5. The molecule has 0 aliphatic carbocycles. The molecule has 6 heteroatoms. The van der Waals surface area contributed by atoms with Crippen molar-refractivity contribution in [2.75, 3.05) is 6.54 Å². The molecule has 5 nitrogen and oxygen atoms in total. The molecule has 0 aliphatic rings. The van der Waals surface area contributed by atoms with E-state index in [1.807, 2.05) is 27.7 Å². The van der Waals surface area contributed by atoms with E-state index in [0.717, 1.165) is 5.69 Å². The summed E-state index contributed by atoms with van der Waals surface area (Å²) in [5.41, 5.74) is 0.666. The van der Waals surface area contributed by atoms with Crippen molar-refractivity contribution in [3.63, 3.8) is 0 Å². The van der Waals surface area contributed by atoms with Gasteiger partial charge in [0.25, 0.3) is 5.56 Å². The fourth-order valence-corrected chi connectivity index (χ4v) is 2.43. The number of amides is 1. The van der Waals surface area contributed by atoms with Crippen molar-refractivity contribution in [3.05, 3.63) is 22.1 Å². The lowest BCUT2D eigenvalue weighted by atomic mass is 10.2. The minimum Gasteiger partial charge on any atom is -0.355 e. The molecule has 1 aromatic rings. The highest BCUT2D eigenvalue weighted by molar-refractivity contribution is 8.00. The smallest absolute Gasteiger partial charge is 0.254 e. The summed E-state index contributed by atoms with van der Waals surface area (Å²) in [4.78, 5) is 28.2. The zero-order valence-corrected chi connectivity index (χ0v) is 13.6. The van der Waals surface area contributed by atoms with Crippen LogP contribution in [-0.4, -0.2) is 27.3 Å². The SMILES string of the molecule is CCc1cc(=O)n(C)c(SC(C)C(=O)NCC(C)C)n1. The zero-order chi connectivity index (χ0) is 15.3. The van der Waals surface area contributed by atoms with E-state index in [9.17, 15) is 9.59 Å². The number of thioether (sulfide) groups is 1. The average Bonchev–Trinajstić information content (AvgIpc) is 2.40. The van der Waals surface area contributed by atoms with Gasteiger partial charge in [0.1, 0.15) is 0 Å². The lowest BCUT2D eigenvalue weighted by Gasteiger charge is -2.14. The van der Waals surface area contributed by atoms with E-state index >= 15 is 0 Å². The first-order valence-electron chi connectivity index (χ1n) is 6.86. The first kappa shape index (κ1) is 16.8. The Morgan fingerprint density at radius 2 is 2.10 bits per heavy atom. The van der Waals surface area contributed by atoms with Crippen molar-refractivity contribution in [1.82, 2.24) is 14.9 Å². The summed E-state index contributed by atoms with van der Waals surface area (Å²) in [6, 6.07) is 1.54. The van der Waals surface area contributed by atoms with Crippen LogP contribution in [0.25, 0.3) is 0 Å². The summed E-state index contributed by atoms with van der Waals surface area (Å²) in [7, 11) is 1.68. The minimum absolute atomic E-state index is 0.0279. The van der Waals surface area contributed by atoms with Crippen LogP contribution >= 0.6 is 11.8 Å². The van der Waals surface area contributed by atoms with Crippen LogP contribution in [0.5, 0.6) is 0 Å². The largest absolute Gasteiger partial charge is 0.355 e. The Kier molecular flexibility index (Phi) is 6.26. The molecular weight excluding hydrogens is 274 g/mol. The molecule has 1 rings (SSSR count). The molecule has 0 saturated carbocycles. The highest BCUT2D eigenvalue weighted by atomic mass is 32.2. The van der Waals surface area contributed by atoms with Gasteiger partial charge in [0, 0.05) is 25.4 Å². The van der Waals surface area contributed by atoms with Crippen molar-refractivity contribution in [3.8, 4) is 0 Å². The second-order valence-corrected chi connectivity index (χ2v) is 6.49. The van der Waals surface area contributed by atoms with Crippen molar-refractivity contribution in [1.29, 1.82) is 0 Å². The fourth-order valence-electron chi connectivity index (χ4n) is 1.51. The summed E-state index contributed by atoms with van der Waals surface area (Å²) < 4.78 is 1.48. The van der Waals surface area contributed by atoms with Gasteiger partial charge in [-0.1, -0.05) is 32.5 Å². The molecule has 0 spiro atoms. The average molecular weight is 297 g/mol. The third-order valence-electron chi connectivity index (χ3n) is 2.85. The molecular formula is C14H23N3O2S. The molecule has 112 valence electrons. The highest BCUT2D eigenvalue weighted by Crippen LogP contribution is 2.20. The number of rotatable bonds is 6. The van der Waals surface area contributed by atoms with Crippen LogP contribution in [0, 0.1) is 5.92 Å². The van der Waals surface area contributed by atoms with Crippen LogP contribution in [0.3, 0.4) is 0 Å². The number of carbonyl (C=O) groups excluding carboxylic acids is 1. The van der Waals surface area contributed by atoms with Gasteiger partial charge in [-0.2, -0.15) is 0 Å². The summed E-state index contributed by atoms with van der Waals surface area (Å²) in [6.45, 7) is 8.54. The van der Waals surface area contributed by atoms with Crippen LogP contribution < -0.4 is 10.9 Å². The number of nitrogens with one attached hydrogen (secondary N) is 1. The molecule has 0 bridgehead atoms. The molecule has 1 atom stereocenters. The summed E-state index contributed by atoms with van der Waals surface area (Å²) in [5, 5.41) is 3.20. The van der Waals surface area contributed by atoms with E-state index in [-0.39, 0.29) is 16.7 Å². The molecule has 1 amide bonds. The van der Waals surface area contributed by atoms with E-state index < -0.39 is 0 Å². The Morgan fingerprint density at radius 3 is 2.65 bits per heavy atom. The lowest BCUT2D eigenvalue weighted by molar-refractivity contribution is -0.120. The number of aromatic nitrogens is 2. The van der Waals surface area contributed by atoms with Gasteiger partial charge >= 0.3 is 0 Å². The van der Waals surface area contributed by atoms with Crippen molar-refractivity contribution in [2.45, 2.75) is 44.5 Å². The Hall–Kier alpha value is -1.30. The molecule has 0 aromatic carbocycles. The Bertz CT molecular complexity index is 526. The van der Waals surface area contributed by atoms with Gasteiger partial charge < -0.3 is 5.32 Å². The van der Waals surface area contributed by atoms with E-state index in [4.69, 9.17) is 0 Å². The molecule has 0 fully saturated rings. The molecule has 0 radical (unpaired) electrons. The molecule has 1 aromatic heterocycles. The van der Waals surface area contributed by atoms with Crippen LogP contribution in [0.2, 0.25) is 0 Å². The highest BCUT2D eigenvalue weighted by Gasteiger charge is 2.17. The summed E-state index contributed by atoms with van der Waals surface area (Å²) in [5.74, 6) is 0.391. The first-order valence-corrected chi connectivity index (χ1v) is 7.74. The van der Waals surface area contributed by atoms with Gasteiger partial charge in [-0.15, -0.1) is 0 Å². The van der Waals surface area contributed by atoms with Gasteiger partial charge in [0.05, 0.1) is 5.25 Å². The third kappa shape index (κ3) is 4.67. The molecule has 1 unspecified atom stereocenters. The predicted octanol–water partition coefficient (Wildman–Crippen LogP) is 1.60. The van der Waals surface area contributed by atoms with Crippen LogP contribution in [0.15, 0.2) is 16.0 Å². The van der Waals surface area contributed by atoms with Crippen molar-refractivity contribution < 1.29 is 4.79 Å². The molecule has 0 saturated heterocycles. The van der Waals surface area contributed by atoms with Gasteiger partial charge in [-0.05, 0) is 19.3 Å². The maximum atomic E-state index is 12.0. The molecule has 0 aliphatic heterocycles. The number of carbonyl (C=O) groups is 1. The van der Waals surface area contributed by atoms with Gasteiger partial charge in [-0.25, -0.2) is 4.98 Å². The monoisotopic (exact) mass is 297 g/mol. The topological polar surface area (TPSA) is 64.0 Å². The number of nitrogens with zero attached hydrogens (tertiary/aromatic N) is 2. The van der Waals surface area contributed by atoms with E-state index in [0.29, 0.717) is 24.0 Å². The fraction of sp³-hybridized carbons (Fsp3) is 0.643. The summed E-state index contributed by atoms with van der Waals surface area (Å²) in [6.07, 6.45) is 0.706. The maximum absolute atomic E-state index is 12.0. The van der Waals surface area contributed by atoms with Gasteiger partial charge in [0.15, 0.2) is 5.16 Å². The quantitative estimate of drug-likeness (QED) is 0.640. The predicted molar refractivity (Wildman–Crippen MR) is 82.0 cm³/mol. The van der Waals surface area contributed by atoms with Crippen LogP contribution in [-0.2, 0) is 18.3 Å². The third-order valence-corrected chi connectivity index (χ3v) is 3.99. The summed E-state index contributed by atoms with van der Waals surface area (Å²) >= 11 is 1.31. The number of hydrogen-bond acceptors (Lipinski definition) is 4. The van der Waals surface area contributed by atoms with Gasteiger partial charge in [0.2, 0.25) is 5.91 Å². The molecule has 20 heavy (non-hydrogen) atoms. The second kappa shape index (κ2) is 7.47. The Labute approximate surface area is 124 Å².